The zero-order valence-corrected chi connectivity index (χ0v) is 17.3. The largest absolute Gasteiger partial charge is 0.448 e. The molecule has 3 rings (SSSR count). The van der Waals surface area contributed by atoms with E-state index in [2.05, 4.69) is 10.4 Å². The first-order chi connectivity index (χ1) is 15.0. The predicted molar refractivity (Wildman–Crippen MR) is 116 cm³/mol. The number of para-hydroxylation sites is 1. The minimum atomic E-state index is -1.14. The third-order valence-electron chi connectivity index (χ3n) is 4.74. The van der Waals surface area contributed by atoms with Crippen molar-refractivity contribution in [2.75, 3.05) is 5.32 Å². The van der Waals surface area contributed by atoms with Gasteiger partial charge < -0.3 is 10.1 Å². The van der Waals surface area contributed by atoms with Gasteiger partial charge in [0.2, 0.25) is 0 Å². The molecule has 8 nitrogen and oxygen atoms in total. The van der Waals surface area contributed by atoms with Crippen LogP contribution in [0.3, 0.4) is 0 Å². The van der Waals surface area contributed by atoms with Crippen LogP contribution in [0.4, 0.5) is 5.69 Å². The number of nitriles is 1. The van der Waals surface area contributed by atoms with Gasteiger partial charge >= 0.3 is 5.97 Å². The number of rotatable bonds is 7. The second kappa shape index (κ2) is 9.67. The van der Waals surface area contributed by atoms with Crippen LogP contribution in [-0.4, -0.2) is 27.8 Å². The fourth-order valence-electron chi connectivity index (χ4n) is 3.04. The number of nitrogens with one attached hydrogen (secondary N) is 1. The monoisotopic (exact) mass is 418 g/mol. The fraction of sp³-hybridized carbons (Fsp3) is 0.261. The van der Waals surface area contributed by atoms with E-state index < -0.39 is 18.0 Å². The van der Waals surface area contributed by atoms with E-state index in [9.17, 15) is 14.4 Å². The fourth-order valence-corrected chi connectivity index (χ4v) is 3.04. The standard InChI is InChI=1S/C23H22N4O4/c1-3-4-13-27-22(29)18-11-7-6-10-17(18)20(26-27)23(30)31-15(2)21(28)25-19-12-8-5-9-16(19)14-24/h5-12,15H,3-4,13H2,1-2H3,(H,25,28)/t15-/m0/s1. The van der Waals surface area contributed by atoms with Crippen LogP contribution in [0.25, 0.3) is 10.8 Å². The summed E-state index contributed by atoms with van der Waals surface area (Å²) in [5.41, 5.74) is 0.322. The molecule has 0 spiro atoms. The molecule has 1 N–H and O–H groups in total. The summed E-state index contributed by atoms with van der Waals surface area (Å²) in [5.74, 6) is -1.39. The Labute approximate surface area is 179 Å². The molecule has 0 bridgehead atoms. The summed E-state index contributed by atoms with van der Waals surface area (Å²) >= 11 is 0. The van der Waals surface area contributed by atoms with Gasteiger partial charge in [-0.25, -0.2) is 9.48 Å². The van der Waals surface area contributed by atoms with Crippen LogP contribution in [0, 0.1) is 11.3 Å². The molecule has 0 radical (unpaired) electrons. The Balaban J connectivity index is 1.85. The molecule has 0 aliphatic carbocycles. The molecule has 0 unspecified atom stereocenters. The van der Waals surface area contributed by atoms with Gasteiger partial charge in [0.15, 0.2) is 11.8 Å². The maximum Gasteiger partial charge on any atom is 0.360 e. The summed E-state index contributed by atoms with van der Waals surface area (Å²) in [6.45, 7) is 3.80. The van der Waals surface area contributed by atoms with Crippen LogP contribution in [0.15, 0.2) is 53.3 Å². The molecule has 0 aliphatic heterocycles. The van der Waals surface area contributed by atoms with Gasteiger partial charge in [-0.1, -0.05) is 43.7 Å². The molecule has 3 aromatic rings. The number of benzene rings is 2. The highest BCUT2D eigenvalue weighted by Crippen LogP contribution is 2.17. The third kappa shape index (κ3) is 4.78. The molecule has 2 aromatic carbocycles. The van der Waals surface area contributed by atoms with Crippen molar-refractivity contribution in [2.45, 2.75) is 39.3 Å². The topological polar surface area (TPSA) is 114 Å². The third-order valence-corrected chi connectivity index (χ3v) is 4.74. The Hall–Kier alpha value is -3.99. The lowest BCUT2D eigenvalue weighted by atomic mass is 10.1. The second-order valence-electron chi connectivity index (χ2n) is 6.97. The van der Waals surface area contributed by atoms with Crippen LogP contribution in [0.2, 0.25) is 0 Å². The van der Waals surface area contributed by atoms with Crippen molar-refractivity contribution in [2.24, 2.45) is 0 Å². The number of anilines is 1. The molecular weight excluding hydrogens is 396 g/mol. The number of unbranched alkanes of at least 4 members (excludes halogenated alkanes) is 1. The average molecular weight is 418 g/mol. The molecule has 31 heavy (non-hydrogen) atoms. The van der Waals surface area contributed by atoms with Crippen LogP contribution in [0.1, 0.15) is 42.7 Å². The Kier molecular flexibility index (Phi) is 6.78. The Morgan fingerprint density at radius 2 is 1.84 bits per heavy atom. The molecule has 1 atom stereocenters. The highest BCUT2D eigenvalue weighted by Gasteiger charge is 2.23. The Bertz CT molecular complexity index is 1230. The minimum absolute atomic E-state index is 0.0246. The van der Waals surface area contributed by atoms with Crippen LogP contribution in [0.5, 0.6) is 0 Å². The van der Waals surface area contributed by atoms with Gasteiger partial charge in [-0.3, -0.25) is 9.59 Å². The summed E-state index contributed by atoms with van der Waals surface area (Å²) in [6, 6.07) is 15.2. The molecule has 158 valence electrons. The first-order valence-corrected chi connectivity index (χ1v) is 9.97. The average Bonchev–Trinajstić information content (AvgIpc) is 2.79. The predicted octanol–water partition coefficient (Wildman–Crippen LogP) is 3.25. The van der Waals surface area contributed by atoms with Gasteiger partial charge in [0.05, 0.1) is 16.6 Å². The van der Waals surface area contributed by atoms with Gasteiger partial charge in [0, 0.05) is 11.9 Å². The van der Waals surface area contributed by atoms with E-state index in [0.717, 1.165) is 12.8 Å². The molecule has 1 aromatic heterocycles. The maximum absolute atomic E-state index is 12.9. The van der Waals surface area contributed by atoms with E-state index >= 15 is 0 Å². The van der Waals surface area contributed by atoms with E-state index in [1.165, 1.54) is 11.6 Å². The molecule has 8 heteroatoms. The zero-order chi connectivity index (χ0) is 22.4. The zero-order valence-electron chi connectivity index (χ0n) is 17.3. The first-order valence-electron chi connectivity index (χ1n) is 9.97. The van der Waals surface area contributed by atoms with Gasteiger partial charge in [-0.2, -0.15) is 10.4 Å². The molecule has 1 heterocycles. The lowest BCUT2D eigenvalue weighted by molar-refractivity contribution is -0.123. The summed E-state index contributed by atoms with van der Waals surface area (Å²) in [6.07, 6.45) is 0.453. The smallest absolute Gasteiger partial charge is 0.360 e. The highest BCUT2D eigenvalue weighted by molar-refractivity contribution is 6.03. The quantitative estimate of drug-likeness (QED) is 0.589. The van der Waals surface area contributed by atoms with Gasteiger partial charge in [0.1, 0.15) is 6.07 Å². The van der Waals surface area contributed by atoms with Crippen molar-refractivity contribution in [3.8, 4) is 6.07 Å². The van der Waals surface area contributed by atoms with Gasteiger partial charge in [-0.05, 0) is 31.5 Å². The number of fused-ring (bicyclic) bond motifs is 1. The lowest BCUT2D eigenvalue weighted by Gasteiger charge is -2.15. The minimum Gasteiger partial charge on any atom is -0.448 e. The number of esters is 1. The SMILES string of the molecule is CCCCn1nc(C(=O)O[C@@H](C)C(=O)Nc2ccccc2C#N)c2ccccc2c1=O. The summed E-state index contributed by atoms with van der Waals surface area (Å²) in [4.78, 5) is 38.0. The lowest BCUT2D eigenvalue weighted by Crippen LogP contribution is -2.32. The van der Waals surface area contributed by atoms with E-state index in [0.29, 0.717) is 28.6 Å². The second-order valence-corrected chi connectivity index (χ2v) is 6.97. The summed E-state index contributed by atoms with van der Waals surface area (Å²) in [7, 11) is 0. The Morgan fingerprint density at radius 3 is 2.55 bits per heavy atom. The van der Waals surface area contributed by atoms with Crippen molar-refractivity contribution in [1.82, 2.24) is 9.78 Å². The number of hydrogen-bond acceptors (Lipinski definition) is 6. The molecule has 1 amide bonds. The van der Waals surface area contributed by atoms with Gasteiger partial charge in [-0.15, -0.1) is 0 Å². The van der Waals surface area contributed by atoms with Gasteiger partial charge in [0.25, 0.3) is 11.5 Å². The molecular formula is C23H22N4O4. The number of amides is 1. The number of aromatic nitrogens is 2. The van der Waals surface area contributed by atoms with Crippen molar-refractivity contribution in [1.29, 1.82) is 5.26 Å². The maximum atomic E-state index is 12.9. The van der Waals surface area contributed by atoms with Crippen LogP contribution in [-0.2, 0) is 16.1 Å². The van der Waals surface area contributed by atoms with E-state index in [4.69, 9.17) is 10.00 Å². The number of nitrogens with zero attached hydrogens (tertiary/aromatic N) is 3. The van der Waals surface area contributed by atoms with E-state index in [1.807, 2.05) is 13.0 Å². The Morgan fingerprint density at radius 1 is 1.16 bits per heavy atom. The van der Waals surface area contributed by atoms with Crippen molar-refractivity contribution in [3.05, 3.63) is 70.1 Å². The van der Waals surface area contributed by atoms with E-state index in [-0.39, 0.29) is 11.3 Å². The normalized spacial score (nSPS) is 11.5. The summed E-state index contributed by atoms with van der Waals surface area (Å²) in [5, 5.41) is 16.7. The number of aryl methyl sites for hydroxylation is 1. The first kappa shape index (κ1) is 21.7. The highest BCUT2D eigenvalue weighted by atomic mass is 16.5. The van der Waals surface area contributed by atoms with E-state index in [1.54, 1.807) is 48.5 Å². The molecule has 0 aliphatic rings. The number of carbonyl (C=O) groups is 2. The molecule has 0 saturated carbocycles. The molecule has 0 fully saturated rings. The number of hydrogen-bond donors (Lipinski definition) is 1. The molecule has 0 saturated heterocycles. The number of ether oxygens (including phenoxy) is 1. The van der Waals surface area contributed by atoms with Crippen molar-refractivity contribution >= 4 is 28.3 Å². The van der Waals surface area contributed by atoms with Crippen molar-refractivity contribution < 1.29 is 14.3 Å². The number of carbonyl (C=O) groups excluding carboxylic acids is 2. The van der Waals surface area contributed by atoms with Crippen LogP contribution >= 0.6 is 0 Å². The van der Waals surface area contributed by atoms with Crippen LogP contribution < -0.4 is 10.9 Å². The van der Waals surface area contributed by atoms with Crippen molar-refractivity contribution in [3.63, 3.8) is 0 Å². The summed E-state index contributed by atoms with van der Waals surface area (Å²) < 4.78 is 6.60.